The molecule has 5 nitrogen and oxygen atoms in total. The van der Waals surface area contributed by atoms with E-state index in [-0.39, 0.29) is 12.6 Å². The van der Waals surface area contributed by atoms with Crippen LogP contribution in [0.2, 0.25) is 0 Å². The summed E-state index contributed by atoms with van der Waals surface area (Å²) in [6, 6.07) is 5.78. The third-order valence-corrected chi connectivity index (χ3v) is 2.75. The highest BCUT2D eigenvalue weighted by atomic mass is 19.4. The number of alkyl halides is 3. The van der Waals surface area contributed by atoms with E-state index in [0.717, 1.165) is 16.9 Å². The molecule has 0 bridgehead atoms. The first kappa shape index (κ1) is 15.0. The van der Waals surface area contributed by atoms with Gasteiger partial charge in [0, 0.05) is 12.4 Å². The van der Waals surface area contributed by atoms with Crippen molar-refractivity contribution in [2.75, 3.05) is 0 Å². The average Bonchev–Trinajstić information content (AvgIpc) is 2.88. The van der Waals surface area contributed by atoms with Crippen molar-refractivity contribution in [2.45, 2.75) is 25.7 Å². The summed E-state index contributed by atoms with van der Waals surface area (Å²) in [5.74, 6) is -0.440. The van der Waals surface area contributed by atoms with Crippen LogP contribution in [0.15, 0.2) is 36.7 Å². The zero-order valence-electron chi connectivity index (χ0n) is 11.1. The second kappa shape index (κ2) is 5.94. The highest BCUT2D eigenvalue weighted by molar-refractivity contribution is 5.76. The van der Waals surface area contributed by atoms with Crippen molar-refractivity contribution in [1.82, 2.24) is 20.1 Å². The van der Waals surface area contributed by atoms with Gasteiger partial charge in [-0.3, -0.25) is 14.5 Å². The van der Waals surface area contributed by atoms with Crippen molar-refractivity contribution < 1.29 is 18.0 Å². The Labute approximate surface area is 118 Å². The molecule has 2 heterocycles. The summed E-state index contributed by atoms with van der Waals surface area (Å²) in [4.78, 5) is 15.9. The third-order valence-electron chi connectivity index (χ3n) is 2.75. The molecule has 1 N–H and O–H groups in total. The Morgan fingerprint density at radius 1 is 1.38 bits per heavy atom. The maximum Gasteiger partial charge on any atom is 0.435 e. The van der Waals surface area contributed by atoms with Crippen molar-refractivity contribution in [3.63, 3.8) is 0 Å². The number of pyridine rings is 1. The number of aromatic nitrogens is 3. The van der Waals surface area contributed by atoms with Crippen LogP contribution in [-0.2, 0) is 17.5 Å². The standard InChI is InChI=1S/C13H13F3N4O/c1-9(10-4-2-3-6-17-10)18-12(21)8-20-7-5-11(19-20)13(14,15)16/h2-7,9H,8H2,1H3,(H,18,21)/t9-/m0/s1. The fraction of sp³-hybridized carbons (Fsp3) is 0.308. The molecule has 0 unspecified atom stereocenters. The zero-order chi connectivity index (χ0) is 15.5. The summed E-state index contributed by atoms with van der Waals surface area (Å²) in [5.41, 5.74) is -0.352. The molecular formula is C13H13F3N4O. The topological polar surface area (TPSA) is 59.8 Å². The number of nitrogens with zero attached hydrogens (tertiary/aromatic N) is 3. The van der Waals surface area contributed by atoms with E-state index >= 15 is 0 Å². The van der Waals surface area contributed by atoms with Gasteiger partial charge < -0.3 is 5.32 Å². The molecule has 2 aromatic rings. The normalized spacial score (nSPS) is 13.0. The minimum atomic E-state index is -4.51. The lowest BCUT2D eigenvalue weighted by Crippen LogP contribution is -2.30. The van der Waals surface area contributed by atoms with Gasteiger partial charge in [-0.05, 0) is 25.1 Å². The fourth-order valence-electron chi connectivity index (χ4n) is 1.74. The number of hydrogen-bond donors (Lipinski definition) is 1. The van der Waals surface area contributed by atoms with E-state index in [1.165, 1.54) is 0 Å². The smallest absolute Gasteiger partial charge is 0.346 e. The van der Waals surface area contributed by atoms with Crippen molar-refractivity contribution in [2.24, 2.45) is 0 Å². The average molecular weight is 298 g/mol. The van der Waals surface area contributed by atoms with E-state index in [0.29, 0.717) is 5.69 Å². The number of halogens is 3. The summed E-state index contributed by atoms with van der Waals surface area (Å²) in [5, 5.41) is 5.97. The van der Waals surface area contributed by atoms with Crippen LogP contribution in [0, 0.1) is 0 Å². The molecule has 0 fully saturated rings. The summed E-state index contributed by atoms with van der Waals surface area (Å²) < 4.78 is 38.1. The summed E-state index contributed by atoms with van der Waals surface area (Å²) in [6.07, 6.45) is -1.79. The van der Waals surface area contributed by atoms with Crippen LogP contribution >= 0.6 is 0 Å². The molecule has 1 amide bonds. The Morgan fingerprint density at radius 2 is 2.14 bits per heavy atom. The molecule has 8 heteroatoms. The number of hydrogen-bond acceptors (Lipinski definition) is 3. The van der Waals surface area contributed by atoms with Gasteiger partial charge in [0.05, 0.1) is 11.7 Å². The maximum atomic E-state index is 12.4. The number of amides is 1. The fourth-order valence-corrected chi connectivity index (χ4v) is 1.74. The summed E-state index contributed by atoms with van der Waals surface area (Å²) in [7, 11) is 0. The molecule has 2 rings (SSSR count). The maximum absolute atomic E-state index is 12.4. The number of carbonyl (C=O) groups excluding carboxylic acids is 1. The molecule has 0 saturated carbocycles. The van der Waals surface area contributed by atoms with Crippen LogP contribution in [-0.4, -0.2) is 20.7 Å². The minimum Gasteiger partial charge on any atom is -0.346 e. The van der Waals surface area contributed by atoms with E-state index in [9.17, 15) is 18.0 Å². The van der Waals surface area contributed by atoms with E-state index in [1.54, 1.807) is 31.3 Å². The molecule has 0 aliphatic rings. The van der Waals surface area contributed by atoms with Crippen LogP contribution in [0.3, 0.4) is 0 Å². The highest BCUT2D eigenvalue weighted by Crippen LogP contribution is 2.27. The monoisotopic (exact) mass is 298 g/mol. The van der Waals surface area contributed by atoms with Crippen molar-refractivity contribution in [3.05, 3.63) is 48.0 Å². The molecule has 0 saturated heterocycles. The molecule has 0 spiro atoms. The van der Waals surface area contributed by atoms with Crippen molar-refractivity contribution in [3.8, 4) is 0 Å². The van der Waals surface area contributed by atoms with E-state index < -0.39 is 17.8 Å². The molecule has 0 aromatic carbocycles. The first-order valence-corrected chi connectivity index (χ1v) is 6.17. The highest BCUT2D eigenvalue weighted by Gasteiger charge is 2.33. The zero-order valence-corrected chi connectivity index (χ0v) is 11.1. The molecule has 112 valence electrons. The SMILES string of the molecule is C[C@H](NC(=O)Cn1ccc(C(F)(F)F)n1)c1ccccn1. The molecule has 0 radical (unpaired) electrons. The lowest BCUT2D eigenvalue weighted by Gasteiger charge is -2.13. The predicted octanol–water partition coefficient (Wildman–Crippen LogP) is 2.17. The van der Waals surface area contributed by atoms with E-state index in [4.69, 9.17) is 0 Å². The van der Waals surface area contributed by atoms with Gasteiger partial charge >= 0.3 is 6.18 Å². The Bertz CT molecular complexity index is 609. The van der Waals surface area contributed by atoms with Crippen molar-refractivity contribution >= 4 is 5.91 Å². The van der Waals surface area contributed by atoms with Crippen molar-refractivity contribution in [1.29, 1.82) is 0 Å². The predicted molar refractivity (Wildman–Crippen MR) is 68.0 cm³/mol. The van der Waals surface area contributed by atoms with Gasteiger partial charge in [0.25, 0.3) is 0 Å². The first-order chi connectivity index (χ1) is 9.86. The van der Waals surface area contributed by atoms with Gasteiger partial charge in [0.15, 0.2) is 5.69 Å². The molecular weight excluding hydrogens is 285 g/mol. The van der Waals surface area contributed by atoms with Crippen LogP contribution in [0.5, 0.6) is 0 Å². The van der Waals surface area contributed by atoms with Crippen LogP contribution in [0.25, 0.3) is 0 Å². The number of rotatable bonds is 4. The molecule has 21 heavy (non-hydrogen) atoms. The van der Waals surface area contributed by atoms with Gasteiger partial charge in [-0.1, -0.05) is 6.07 Å². The minimum absolute atomic E-state index is 0.284. The van der Waals surface area contributed by atoms with Crippen LogP contribution in [0.4, 0.5) is 13.2 Å². The molecule has 1 atom stereocenters. The lowest BCUT2D eigenvalue weighted by atomic mass is 10.2. The second-order valence-corrected chi connectivity index (χ2v) is 4.44. The lowest BCUT2D eigenvalue weighted by molar-refractivity contribution is -0.141. The van der Waals surface area contributed by atoms with Crippen LogP contribution in [0.1, 0.15) is 24.4 Å². The number of carbonyl (C=O) groups is 1. The second-order valence-electron chi connectivity index (χ2n) is 4.44. The first-order valence-electron chi connectivity index (χ1n) is 6.17. The molecule has 0 aliphatic heterocycles. The summed E-state index contributed by atoms with van der Waals surface area (Å²) in [6.45, 7) is 1.46. The Balaban J connectivity index is 1.94. The van der Waals surface area contributed by atoms with Gasteiger partial charge in [0.1, 0.15) is 6.54 Å². The van der Waals surface area contributed by atoms with Gasteiger partial charge in [0.2, 0.25) is 5.91 Å². The van der Waals surface area contributed by atoms with Gasteiger partial charge in [-0.25, -0.2) is 0 Å². The van der Waals surface area contributed by atoms with Gasteiger partial charge in [-0.15, -0.1) is 0 Å². The Hall–Kier alpha value is -2.38. The third kappa shape index (κ3) is 4.04. The quantitative estimate of drug-likeness (QED) is 0.941. The van der Waals surface area contributed by atoms with Gasteiger partial charge in [-0.2, -0.15) is 18.3 Å². The number of nitrogens with one attached hydrogen (secondary N) is 1. The van der Waals surface area contributed by atoms with Crippen LogP contribution < -0.4 is 5.32 Å². The van der Waals surface area contributed by atoms with E-state index in [2.05, 4.69) is 15.4 Å². The molecule has 2 aromatic heterocycles. The molecule has 0 aliphatic carbocycles. The van der Waals surface area contributed by atoms with E-state index in [1.807, 2.05) is 0 Å². The largest absolute Gasteiger partial charge is 0.435 e. The summed E-state index contributed by atoms with van der Waals surface area (Å²) >= 11 is 0. The Kier molecular flexibility index (Phi) is 4.25. The Morgan fingerprint density at radius 3 is 2.71 bits per heavy atom.